The van der Waals surface area contributed by atoms with Gasteiger partial charge in [-0.25, -0.2) is 4.98 Å². The van der Waals surface area contributed by atoms with E-state index < -0.39 is 11.4 Å². The first-order valence-corrected chi connectivity index (χ1v) is 8.10. The molecular weight excluding hydrogens is 290 g/mol. The van der Waals surface area contributed by atoms with Crippen molar-refractivity contribution in [3.63, 3.8) is 0 Å². The number of aryl methyl sites for hydroxylation is 1. The van der Waals surface area contributed by atoms with Crippen molar-refractivity contribution in [3.05, 3.63) is 11.1 Å². The third-order valence-electron chi connectivity index (χ3n) is 3.86. The molecule has 1 aliphatic rings. The monoisotopic (exact) mass is 311 g/mol. The van der Waals surface area contributed by atoms with Crippen LogP contribution < -0.4 is 10.6 Å². The Labute approximate surface area is 128 Å². The maximum absolute atomic E-state index is 12.2. The van der Waals surface area contributed by atoms with Gasteiger partial charge in [0.05, 0.1) is 5.69 Å². The number of hydrogen-bond acceptors (Lipinski definition) is 5. The highest BCUT2D eigenvalue weighted by Crippen LogP contribution is 2.36. The van der Waals surface area contributed by atoms with Crippen LogP contribution in [-0.2, 0) is 9.59 Å². The van der Waals surface area contributed by atoms with E-state index in [2.05, 4.69) is 15.6 Å². The molecule has 0 aromatic carbocycles. The van der Waals surface area contributed by atoms with Crippen LogP contribution in [0.25, 0.3) is 0 Å². The fraction of sp³-hybridized carbons (Fsp3) is 0.643. The topological polar surface area (TPSA) is 91.3 Å². The van der Waals surface area contributed by atoms with Crippen molar-refractivity contribution in [1.82, 2.24) is 10.3 Å². The summed E-state index contributed by atoms with van der Waals surface area (Å²) in [5.41, 5.74) is -0.269. The van der Waals surface area contributed by atoms with E-state index in [9.17, 15) is 14.7 Å². The summed E-state index contributed by atoms with van der Waals surface area (Å²) in [6.45, 7) is 2.85. The second-order valence-electron chi connectivity index (χ2n) is 5.42. The van der Waals surface area contributed by atoms with Gasteiger partial charge in [0.2, 0.25) is 5.91 Å². The molecule has 3 N–H and O–H groups in total. The number of aliphatic carboxylic acids is 1. The number of amides is 1. The molecule has 1 heterocycles. The van der Waals surface area contributed by atoms with Crippen LogP contribution in [-0.4, -0.2) is 35.1 Å². The highest BCUT2D eigenvalue weighted by molar-refractivity contribution is 7.13. The number of anilines is 1. The molecule has 0 radical (unpaired) electrons. The van der Waals surface area contributed by atoms with Gasteiger partial charge in [0, 0.05) is 18.5 Å². The van der Waals surface area contributed by atoms with E-state index in [1.807, 2.05) is 12.3 Å². The van der Waals surface area contributed by atoms with Crippen molar-refractivity contribution in [3.8, 4) is 0 Å². The fourth-order valence-corrected chi connectivity index (χ4v) is 3.36. The number of nitrogens with one attached hydrogen (secondary N) is 2. The lowest BCUT2D eigenvalue weighted by molar-refractivity contribution is -0.158. The smallest absolute Gasteiger partial charge is 0.319 e. The molecule has 0 aliphatic heterocycles. The molecule has 116 valence electrons. The van der Waals surface area contributed by atoms with Crippen LogP contribution in [0.5, 0.6) is 0 Å². The summed E-state index contributed by atoms with van der Waals surface area (Å²) in [5, 5.41) is 18.0. The normalized spacial score (nSPS) is 17.2. The van der Waals surface area contributed by atoms with E-state index in [4.69, 9.17) is 0 Å². The highest BCUT2D eigenvalue weighted by Gasteiger charge is 2.46. The molecule has 1 aromatic heterocycles. The zero-order chi connectivity index (χ0) is 15.3. The van der Waals surface area contributed by atoms with Gasteiger partial charge in [0.1, 0.15) is 5.41 Å². The summed E-state index contributed by atoms with van der Waals surface area (Å²) in [4.78, 5) is 28.0. The minimum absolute atomic E-state index is 0.355. The first kappa shape index (κ1) is 15.8. The first-order chi connectivity index (χ1) is 10.0. The molecular formula is C14H21N3O3S. The third-order valence-corrected chi connectivity index (χ3v) is 4.77. The number of nitrogens with zero attached hydrogens (tertiary/aromatic N) is 1. The average Bonchev–Trinajstić information content (AvgIpc) is 2.89. The number of aromatic nitrogens is 1. The molecule has 0 saturated heterocycles. The minimum atomic E-state index is -1.23. The molecule has 0 bridgehead atoms. The summed E-state index contributed by atoms with van der Waals surface area (Å²) in [5.74, 6) is -1.35. The Morgan fingerprint density at radius 3 is 2.62 bits per heavy atom. The molecule has 1 aromatic rings. The van der Waals surface area contributed by atoms with Crippen molar-refractivity contribution in [2.45, 2.75) is 39.0 Å². The lowest BCUT2D eigenvalue weighted by atomic mass is 9.73. The molecule has 1 aliphatic carbocycles. The number of hydrogen-bond donors (Lipinski definition) is 3. The van der Waals surface area contributed by atoms with Gasteiger partial charge < -0.3 is 15.7 Å². The molecule has 1 fully saturated rings. The van der Waals surface area contributed by atoms with Gasteiger partial charge in [-0.3, -0.25) is 9.59 Å². The van der Waals surface area contributed by atoms with Gasteiger partial charge in [-0.15, -0.1) is 11.3 Å². The van der Waals surface area contributed by atoms with Gasteiger partial charge in [-0.2, -0.15) is 0 Å². The minimum Gasteiger partial charge on any atom is -0.480 e. The summed E-state index contributed by atoms with van der Waals surface area (Å²) in [7, 11) is 0. The van der Waals surface area contributed by atoms with Crippen molar-refractivity contribution < 1.29 is 14.7 Å². The zero-order valence-corrected chi connectivity index (χ0v) is 13.0. The van der Waals surface area contributed by atoms with Gasteiger partial charge in [-0.1, -0.05) is 19.3 Å². The molecule has 1 amide bonds. The summed E-state index contributed by atoms with van der Waals surface area (Å²) >= 11 is 1.51. The highest BCUT2D eigenvalue weighted by atomic mass is 32.1. The number of carbonyl (C=O) groups excluding carboxylic acids is 1. The Hall–Kier alpha value is -1.63. The Balaban J connectivity index is 1.81. The van der Waals surface area contributed by atoms with Crippen molar-refractivity contribution in [1.29, 1.82) is 0 Å². The Morgan fingerprint density at radius 1 is 1.33 bits per heavy atom. The molecule has 2 rings (SSSR count). The third kappa shape index (κ3) is 3.72. The molecule has 21 heavy (non-hydrogen) atoms. The van der Waals surface area contributed by atoms with Crippen LogP contribution in [0, 0.1) is 12.3 Å². The Kier molecular flexibility index (Phi) is 5.17. The van der Waals surface area contributed by atoms with Gasteiger partial charge in [0.15, 0.2) is 5.13 Å². The quantitative estimate of drug-likeness (QED) is 0.552. The van der Waals surface area contributed by atoms with E-state index in [1.54, 1.807) is 0 Å². The molecule has 0 spiro atoms. The lowest BCUT2D eigenvalue weighted by Crippen LogP contribution is -2.48. The van der Waals surface area contributed by atoms with Crippen LogP contribution in [0.2, 0.25) is 0 Å². The maximum atomic E-state index is 12.2. The second-order valence-corrected chi connectivity index (χ2v) is 6.28. The number of rotatable bonds is 6. The van der Waals surface area contributed by atoms with Gasteiger partial charge >= 0.3 is 5.97 Å². The maximum Gasteiger partial charge on any atom is 0.319 e. The average molecular weight is 311 g/mol. The predicted octanol–water partition coefficient (Wildman–Crippen LogP) is 2.01. The number of carbonyl (C=O) groups is 2. The largest absolute Gasteiger partial charge is 0.480 e. The molecule has 0 atom stereocenters. The lowest BCUT2D eigenvalue weighted by Gasteiger charge is -2.31. The van der Waals surface area contributed by atoms with E-state index >= 15 is 0 Å². The van der Waals surface area contributed by atoms with Crippen LogP contribution in [0.4, 0.5) is 5.13 Å². The van der Waals surface area contributed by atoms with E-state index in [-0.39, 0.29) is 5.91 Å². The molecule has 6 nitrogen and oxygen atoms in total. The van der Waals surface area contributed by atoms with Crippen molar-refractivity contribution in [2.24, 2.45) is 5.41 Å². The SMILES string of the molecule is Cc1csc(NCCNC(=O)C2(C(=O)O)CCCCC2)n1. The van der Waals surface area contributed by atoms with Crippen LogP contribution in [0.3, 0.4) is 0 Å². The summed E-state index contributed by atoms with van der Waals surface area (Å²) < 4.78 is 0. The molecule has 1 saturated carbocycles. The second kappa shape index (κ2) is 6.89. The first-order valence-electron chi connectivity index (χ1n) is 7.22. The Morgan fingerprint density at radius 2 is 2.05 bits per heavy atom. The van der Waals surface area contributed by atoms with E-state index in [0.29, 0.717) is 25.9 Å². The molecule has 0 unspecified atom stereocenters. The zero-order valence-electron chi connectivity index (χ0n) is 12.1. The van der Waals surface area contributed by atoms with E-state index in [0.717, 1.165) is 30.1 Å². The standard InChI is InChI=1S/C14H21N3O3S/c1-10-9-21-13(17-10)16-8-7-15-11(18)14(12(19)20)5-3-2-4-6-14/h9H,2-8H2,1H3,(H,15,18)(H,16,17)(H,19,20). The summed E-state index contributed by atoms with van der Waals surface area (Å²) in [6, 6.07) is 0. The number of carboxylic acids is 1. The fourth-order valence-electron chi connectivity index (χ4n) is 2.64. The number of carboxylic acid groups (broad SMARTS) is 1. The van der Waals surface area contributed by atoms with Gasteiger partial charge in [0.25, 0.3) is 0 Å². The molecule has 7 heteroatoms. The predicted molar refractivity (Wildman–Crippen MR) is 81.5 cm³/mol. The van der Waals surface area contributed by atoms with Crippen LogP contribution >= 0.6 is 11.3 Å². The Bertz CT molecular complexity index is 509. The van der Waals surface area contributed by atoms with Crippen molar-refractivity contribution >= 4 is 28.3 Å². The summed E-state index contributed by atoms with van der Waals surface area (Å²) in [6.07, 6.45) is 3.49. The van der Waals surface area contributed by atoms with Crippen LogP contribution in [0.15, 0.2) is 5.38 Å². The number of thiazole rings is 1. The van der Waals surface area contributed by atoms with E-state index in [1.165, 1.54) is 11.3 Å². The van der Waals surface area contributed by atoms with Crippen molar-refractivity contribution in [2.75, 3.05) is 18.4 Å². The van der Waals surface area contributed by atoms with Crippen LogP contribution in [0.1, 0.15) is 37.8 Å². The van der Waals surface area contributed by atoms with Gasteiger partial charge in [-0.05, 0) is 19.8 Å².